The summed E-state index contributed by atoms with van der Waals surface area (Å²) < 4.78 is 28.2. The third kappa shape index (κ3) is 6.22. The number of H-pyrrole nitrogens is 1. The van der Waals surface area contributed by atoms with Crippen molar-refractivity contribution < 1.29 is 18.3 Å². The molecule has 36 heavy (non-hydrogen) atoms. The number of hydrogen-bond acceptors (Lipinski definition) is 3. The number of sulfonamides is 1. The lowest BCUT2D eigenvalue weighted by Gasteiger charge is -2.14. The van der Waals surface area contributed by atoms with Crippen LogP contribution >= 0.6 is 0 Å². The van der Waals surface area contributed by atoms with E-state index < -0.39 is 22.0 Å². The third-order valence-electron chi connectivity index (χ3n) is 5.81. The van der Waals surface area contributed by atoms with Crippen LogP contribution in [0.2, 0.25) is 0 Å². The highest BCUT2D eigenvalue weighted by Crippen LogP contribution is 2.20. The van der Waals surface area contributed by atoms with E-state index in [0.29, 0.717) is 11.5 Å². The van der Waals surface area contributed by atoms with E-state index in [0.717, 1.165) is 28.5 Å². The zero-order valence-electron chi connectivity index (χ0n) is 20.2. The number of aromatic amines is 1. The molecule has 3 N–H and O–H groups in total. The highest BCUT2D eigenvalue weighted by molar-refractivity contribution is 7.89. The lowest BCUT2D eigenvalue weighted by molar-refractivity contribution is -0.138. The highest BCUT2D eigenvalue weighted by Gasteiger charge is 2.26. The van der Waals surface area contributed by atoms with E-state index in [4.69, 9.17) is 0 Å². The number of hydrogen-bond donors (Lipinski definition) is 3. The van der Waals surface area contributed by atoms with Gasteiger partial charge in [-0.15, -0.1) is 0 Å². The van der Waals surface area contributed by atoms with Gasteiger partial charge in [-0.05, 0) is 65.9 Å². The number of carboxylic acids is 1. The Balaban J connectivity index is 1.46. The first-order chi connectivity index (χ1) is 17.2. The minimum Gasteiger partial charge on any atom is -0.480 e. The van der Waals surface area contributed by atoms with Gasteiger partial charge in [0.2, 0.25) is 10.0 Å². The van der Waals surface area contributed by atoms with Gasteiger partial charge in [0.15, 0.2) is 0 Å². The van der Waals surface area contributed by atoms with Crippen LogP contribution in [0.25, 0.3) is 10.9 Å². The minimum absolute atomic E-state index is 0.0120. The highest BCUT2D eigenvalue weighted by atomic mass is 32.2. The normalized spacial score (nSPS) is 12.3. The molecule has 0 amide bonds. The minimum atomic E-state index is -4.05. The largest absolute Gasteiger partial charge is 0.480 e. The second-order valence-electron chi connectivity index (χ2n) is 9.15. The van der Waals surface area contributed by atoms with Crippen molar-refractivity contribution in [2.24, 2.45) is 5.92 Å². The van der Waals surface area contributed by atoms with E-state index in [9.17, 15) is 18.3 Å². The molecule has 1 aromatic heterocycles. The van der Waals surface area contributed by atoms with Gasteiger partial charge in [-0.25, -0.2) is 8.42 Å². The Bertz CT molecular complexity index is 1520. The molecule has 0 bridgehead atoms. The number of rotatable bonds is 8. The molecule has 0 spiro atoms. The van der Waals surface area contributed by atoms with Crippen molar-refractivity contribution in [2.45, 2.75) is 37.6 Å². The Morgan fingerprint density at radius 1 is 0.917 bits per heavy atom. The Labute approximate surface area is 211 Å². The first kappa shape index (κ1) is 25.2. The second-order valence-corrected chi connectivity index (χ2v) is 10.9. The predicted octanol–water partition coefficient (Wildman–Crippen LogP) is 4.74. The topological polar surface area (TPSA) is 99.3 Å². The molecule has 0 radical (unpaired) electrons. The fourth-order valence-corrected chi connectivity index (χ4v) is 5.20. The van der Waals surface area contributed by atoms with Crippen molar-refractivity contribution in [1.29, 1.82) is 0 Å². The molecule has 1 atom stereocenters. The lowest BCUT2D eigenvalue weighted by atomic mass is 10.0. The molecule has 0 aliphatic heterocycles. The van der Waals surface area contributed by atoms with Crippen LogP contribution in [0.4, 0.5) is 0 Å². The van der Waals surface area contributed by atoms with Crippen LogP contribution in [0.1, 0.15) is 36.1 Å². The fraction of sp³-hybridized carbons (Fsp3) is 0.207. The van der Waals surface area contributed by atoms with Crippen molar-refractivity contribution in [3.8, 4) is 11.8 Å². The predicted molar refractivity (Wildman–Crippen MR) is 141 cm³/mol. The smallest absolute Gasteiger partial charge is 0.322 e. The average molecular weight is 501 g/mol. The summed E-state index contributed by atoms with van der Waals surface area (Å²) in [6.45, 7) is 4.36. The molecule has 0 aliphatic carbocycles. The van der Waals surface area contributed by atoms with E-state index in [2.05, 4.69) is 47.5 Å². The Hall–Kier alpha value is -3.86. The van der Waals surface area contributed by atoms with Crippen LogP contribution in [-0.4, -0.2) is 30.5 Å². The Morgan fingerprint density at radius 2 is 1.53 bits per heavy atom. The first-order valence-electron chi connectivity index (χ1n) is 11.7. The molecule has 0 saturated carbocycles. The van der Waals surface area contributed by atoms with Gasteiger partial charge in [0.1, 0.15) is 6.04 Å². The first-order valence-corrected chi connectivity index (χ1v) is 13.2. The summed E-state index contributed by atoms with van der Waals surface area (Å²) in [7, 11) is -4.05. The molecule has 7 heteroatoms. The van der Waals surface area contributed by atoms with Crippen LogP contribution in [0.15, 0.2) is 83.9 Å². The summed E-state index contributed by atoms with van der Waals surface area (Å²) >= 11 is 0. The molecule has 1 heterocycles. The van der Waals surface area contributed by atoms with Crippen molar-refractivity contribution in [2.75, 3.05) is 0 Å². The van der Waals surface area contributed by atoms with E-state index in [1.54, 1.807) is 18.3 Å². The van der Waals surface area contributed by atoms with Crippen LogP contribution in [0.3, 0.4) is 0 Å². The number of para-hydroxylation sites is 1. The number of fused-ring (bicyclic) bond motifs is 1. The molecule has 6 nitrogen and oxygen atoms in total. The third-order valence-corrected chi connectivity index (χ3v) is 7.30. The van der Waals surface area contributed by atoms with Gasteiger partial charge in [0, 0.05) is 34.6 Å². The second kappa shape index (κ2) is 10.8. The van der Waals surface area contributed by atoms with E-state index >= 15 is 0 Å². The Morgan fingerprint density at radius 3 is 2.14 bits per heavy atom. The summed E-state index contributed by atoms with van der Waals surface area (Å²) in [5.74, 6) is 5.48. The molecular formula is C29H28N2O4S. The molecule has 0 aliphatic rings. The van der Waals surface area contributed by atoms with Crippen molar-refractivity contribution in [3.05, 3.63) is 101 Å². The molecule has 3 aromatic carbocycles. The van der Waals surface area contributed by atoms with E-state index in [-0.39, 0.29) is 11.3 Å². The van der Waals surface area contributed by atoms with Gasteiger partial charge in [0.05, 0.1) is 4.90 Å². The monoisotopic (exact) mass is 500 g/mol. The van der Waals surface area contributed by atoms with Gasteiger partial charge < -0.3 is 10.1 Å². The molecular weight excluding hydrogens is 472 g/mol. The van der Waals surface area contributed by atoms with Crippen molar-refractivity contribution in [3.63, 3.8) is 0 Å². The maximum atomic E-state index is 12.9. The maximum Gasteiger partial charge on any atom is 0.322 e. The van der Waals surface area contributed by atoms with Crippen LogP contribution < -0.4 is 4.72 Å². The maximum absolute atomic E-state index is 12.9. The van der Waals surface area contributed by atoms with Gasteiger partial charge >= 0.3 is 5.97 Å². The number of benzene rings is 3. The van der Waals surface area contributed by atoms with Gasteiger partial charge in [-0.1, -0.05) is 56.0 Å². The van der Waals surface area contributed by atoms with Crippen LogP contribution in [0, 0.1) is 17.8 Å². The quantitative estimate of drug-likeness (QED) is 0.304. The summed E-state index contributed by atoms with van der Waals surface area (Å²) in [4.78, 5) is 14.9. The molecule has 4 rings (SSSR count). The summed E-state index contributed by atoms with van der Waals surface area (Å²) in [5.41, 5.74) is 4.39. The summed E-state index contributed by atoms with van der Waals surface area (Å²) in [5, 5.41) is 10.5. The SMILES string of the molecule is CC(C)Cc1ccc(C#Cc2ccc(S(=O)(=O)N[C@H](Cc3c[nH]c4ccccc34)C(=O)O)cc2)cc1. The van der Waals surface area contributed by atoms with Gasteiger partial charge in [0.25, 0.3) is 0 Å². The standard InChI is InChI=1S/C29H28N2O4S/c1-20(2)17-23-11-9-21(10-12-23)7-8-22-13-15-25(16-14-22)36(34,35)31-28(29(32)33)18-24-19-30-27-6-4-3-5-26(24)27/h3-6,9-16,19-20,28,30-31H,17-18H2,1-2H3,(H,32,33)/t28-/m1/s1. The zero-order valence-corrected chi connectivity index (χ0v) is 21.0. The van der Waals surface area contributed by atoms with Crippen LogP contribution in [-0.2, 0) is 27.7 Å². The fourth-order valence-electron chi connectivity index (χ4n) is 4.01. The van der Waals surface area contributed by atoms with E-state index in [1.165, 1.54) is 17.7 Å². The molecule has 0 fully saturated rings. The molecule has 4 aromatic rings. The number of carbonyl (C=O) groups is 1. The molecule has 184 valence electrons. The Kier molecular flexibility index (Phi) is 7.58. The number of carboxylic acid groups (broad SMARTS) is 1. The number of aromatic nitrogens is 1. The van der Waals surface area contributed by atoms with Crippen molar-refractivity contribution in [1.82, 2.24) is 9.71 Å². The van der Waals surface area contributed by atoms with Crippen LogP contribution in [0.5, 0.6) is 0 Å². The summed E-state index contributed by atoms with van der Waals surface area (Å²) in [6.07, 6.45) is 2.74. The van der Waals surface area contributed by atoms with E-state index in [1.807, 2.05) is 36.4 Å². The summed E-state index contributed by atoms with van der Waals surface area (Å²) in [6, 6.07) is 20.4. The number of nitrogens with one attached hydrogen (secondary N) is 2. The molecule has 0 saturated heterocycles. The molecule has 0 unspecified atom stereocenters. The number of aliphatic carboxylic acids is 1. The lowest BCUT2D eigenvalue weighted by Crippen LogP contribution is -2.42. The average Bonchev–Trinajstić information content (AvgIpc) is 3.26. The van der Waals surface area contributed by atoms with Gasteiger partial charge in [-0.3, -0.25) is 4.79 Å². The van der Waals surface area contributed by atoms with Crippen molar-refractivity contribution >= 4 is 26.9 Å². The van der Waals surface area contributed by atoms with Gasteiger partial charge in [-0.2, -0.15) is 4.72 Å². The zero-order chi connectivity index (χ0) is 25.7.